The number of carbonyl (C=O) groups excluding carboxylic acids is 1. The molecule has 0 radical (unpaired) electrons. The smallest absolute Gasteiger partial charge is 0.318 e. The van der Waals surface area contributed by atoms with Gasteiger partial charge in [-0.1, -0.05) is 6.92 Å². The Balaban J connectivity index is 1.96. The highest BCUT2D eigenvalue weighted by Crippen LogP contribution is 2.12. The van der Waals surface area contributed by atoms with Crippen LogP contribution in [-0.2, 0) is 6.42 Å². The van der Waals surface area contributed by atoms with E-state index < -0.39 is 6.04 Å². The highest BCUT2D eigenvalue weighted by Gasteiger charge is 2.23. The van der Waals surface area contributed by atoms with Gasteiger partial charge in [0, 0.05) is 32.6 Å². The fraction of sp³-hybridized carbons (Fsp3) is 0.727. The average molecular weight is 269 g/mol. The highest BCUT2D eigenvalue weighted by molar-refractivity contribution is 5.74. The van der Waals surface area contributed by atoms with Crippen LogP contribution >= 0.6 is 0 Å². The van der Waals surface area contributed by atoms with Gasteiger partial charge in [0.05, 0.1) is 6.61 Å². The number of aryl methyl sites for hydroxylation is 1. The first-order valence-corrected chi connectivity index (χ1v) is 6.44. The van der Waals surface area contributed by atoms with Crippen LogP contribution in [0, 0.1) is 0 Å². The molecule has 106 valence electrons. The van der Waals surface area contributed by atoms with E-state index in [2.05, 4.69) is 20.8 Å². The molecular formula is C11H19N5O3. The molecule has 1 aromatic rings. The summed E-state index contributed by atoms with van der Waals surface area (Å²) in [5, 5.41) is 22.9. The van der Waals surface area contributed by atoms with Crippen LogP contribution in [0.5, 0.6) is 0 Å². The third-order valence-corrected chi connectivity index (χ3v) is 2.97. The number of hydrogen-bond donors (Lipinski definition) is 3. The van der Waals surface area contributed by atoms with E-state index in [9.17, 15) is 9.90 Å². The van der Waals surface area contributed by atoms with Crippen molar-refractivity contribution in [2.45, 2.75) is 19.4 Å². The standard InChI is InChI=1S/C11H19N5O3/c1-2-9-14-15-10(19-9)8(7-17)13-11(18)16-5-3-12-4-6-16/h8,12,17H,2-7H2,1H3,(H,13,18)/t8-/m0/s1. The van der Waals surface area contributed by atoms with E-state index in [1.54, 1.807) is 4.90 Å². The number of aliphatic hydroxyl groups excluding tert-OH is 1. The monoisotopic (exact) mass is 269 g/mol. The molecule has 1 saturated heterocycles. The molecule has 2 heterocycles. The minimum atomic E-state index is -0.657. The van der Waals surface area contributed by atoms with E-state index in [1.165, 1.54) is 0 Å². The van der Waals surface area contributed by atoms with Crippen LogP contribution in [0.15, 0.2) is 4.42 Å². The van der Waals surface area contributed by atoms with Crippen molar-refractivity contribution in [1.82, 2.24) is 25.7 Å². The second kappa shape index (κ2) is 6.48. The van der Waals surface area contributed by atoms with Gasteiger partial charge in [0.15, 0.2) is 0 Å². The van der Waals surface area contributed by atoms with Crippen molar-refractivity contribution in [1.29, 1.82) is 0 Å². The van der Waals surface area contributed by atoms with E-state index in [1.807, 2.05) is 6.92 Å². The predicted molar refractivity (Wildman–Crippen MR) is 66.5 cm³/mol. The zero-order valence-electron chi connectivity index (χ0n) is 10.9. The Morgan fingerprint density at radius 1 is 1.53 bits per heavy atom. The number of urea groups is 1. The Hall–Kier alpha value is -1.67. The Bertz CT molecular complexity index is 416. The molecule has 3 N–H and O–H groups in total. The van der Waals surface area contributed by atoms with Gasteiger partial charge >= 0.3 is 6.03 Å². The minimum Gasteiger partial charge on any atom is -0.423 e. The van der Waals surface area contributed by atoms with Crippen molar-refractivity contribution in [3.8, 4) is 0 Å². The number of piperazine rings is 1. The van der Waals surface area contributed by atoms with E-state index in [0.29, 0.717) is 25.4 Å². The van der Waals surface area contributed by atoms with Crippen LogP contribution in [0.4, 0.5) is 4.79 Å². The Morgan fingerprint density at radius 2 is 2.26 bits per heavy atom. The zero-order chi connectivity index (χ0) is 13.7. The van der Waals surface area contributed by atoms with Crippen molar-refractivity contribution in [2.24, 2.45) is 0 Å². The summed E-state index contributed by atoms with van der Waals surface area (Å²) in [5.74, 6) is 0.729. The second-order valence-electron chi connectivity index (χ2n) is 4.31. The van der Waals surface area contributed by atoms with Crippen LogP contribution in [-0.4, -0.2) is 59.0 Å². The van der Waals surface area contributed by atoms with Gasteiger partial charge in [0.1, 0.15) is 6.04 Å². The lowest BCUT2D eigenvalue weighted by molar-refractivity contribution is 0.169. The van der Waals surface area contributed by atoms with Crippen LogP contribution in [0.2, 0.25) is 0 Å². The number of nitrogens with zero attached hydrogens (tertiary/aromatic N) is 3. The summed E-state index contributed by atoms with van der Waals surface area (Å²) in [6, 6.07) is -0.882. The molecule has 0 aliphatic carbocycles. The normalized spacial score (nSPS) is 17.3. The van der Waals surface area contributed by atoms with Crippen molar-refractivity contribution >= 4 is 6.03 Å². The van der Waals surface area contributed by atoms with E-state index >= 15 is 0 Å². The van der Waals surface area contributed by atoms with Crippen molar-refractivity contribution in [3.05, 3.63) is 11.8 Å². The molecule has 1 aromatic heterocycles. The number of aliphatic hydroxyl groups is 1. The molecule has 1 atom stereocenters. The van der Waals surface area contributed by atoms with Gasteiger partial charge < -0.3 is 25.1 Å². The number of carbonyl (C=O) groups is 1. The first kappa shape index (κ1) is 13.8. The number of nitrogens with one attached hydrogen (secondary N) is 2. The Kier molecular flexibility index (Phi) is 4.69. The van der Waals surface area contributed by atoms with Gasteiger partial charge in [-0.05, 0) is 0 Å². The maximum Gasteiger partial charge on any atom is 0.318 e. The molecule has 0 bridgehead atoms. The molecule has 2 amide bonds. The third-order valence-electron chi connectivity index (χ3n) is 2.97. The van der Waals surface area contributed by atoms with Crippen molar-refractivity contribution < 1.29 is 14.3 Å². The molecule has 1 fully saturated rings. The molecule has 0 unspecified atom stereocenters. The summed E-state index contributed by atoms with van der Waals surface area (Å²) >= 11 is 0. The molecule has 0 saturated carbocycles. The molecule has 1 aliphatic rings. The summed E-state index contributed by atoms with van der Waals surface area (Å²) in [6.45, 7) is 4.46. The van der Waals surface area contributed by atoms with Crippen LogP contribution < -0.4 is 10.6 Å². The lowest BCUT2D eigenvalue weighted by Gasteiger charge is -2.28. The lowest BCUT2D eigenvalue weighted by Crippen LogP contribution is -2.51. The van der Waals surface area contributed by atoms with Gasteiger partial charge in [0.2, 0.25) is 11.8 Å². The largest absolute Gasteiger partial charge is 0.423 e. The van der Waals surface area contributed by atoms with Gasteiger partial charge in [0.25, 0.3) is 0 Å². The Labute approximate surface area is 111 Å². The summed E-state index contributed by atoms with van der Waals surface area (Å²) < 4.78 is 5.35. The fourth-order valence-corrected chi connectivity index (χ4v) is 1.84. The summed E-state index contributed by atoms with van der Waals surface area (Å²) in [7, 11) is 0. The molecule has 1 aliphatic heterocycles. The topological polar surface area (TPSA) is 104 Å². The van der Waals surface area contributed by atoms with E-state index in [0.717, 1.165) is 13.1 Å². The molecule has 8 nitrogen and oxygen atoms in total. The van der Waals surface area contributed by atoms with Crippen molar-refractivity contribution in [3.63, 3.8) is 0 Å². The first-order valence-electron chi connectivity index (χ1n) is 6.44. The number of aromatic nitrogens is 2. The molecule has 0 aromatic carbocycles. The molecule has 19 heavy (non-hydrogen) atoms. The van der Waals surface area contributed by atoms with Gasteiger partial charge in [-0.2, -0.15) is 0 Å². The third kappa shape index (κ3) is 3.42. The first-order chi connectivity index (χ1) is 9.24. The molecule has 8 heteroatoms. The fourth-order valence-electron chi connectivity index (χ4n) is 1.84. The molecule has 2 rings (SSSR count). The van der Waals surface area contributed by atoms with E-state index in [4.69, 9.17) is 4.42 Å². The summed E-state index contributed by atoms with van der Waals surface area (Å²) in [6.07, 6.45) is 0.622. The quantitative estimate of drug-likeness (QED) is 0.666. The predicted octanol–water partition coefficient (Wildman–Crippen LogP) is -0.720. The average Bonchev–Trinajstić information content (AvgIpc) is 2.94. The van der Waals surface area contributed by atoms with Crippen LogP contribution in [0.3, 0.4) is 0 Å². The van der Waals surface area contributed by atoms with Crippen LogP contribution in [0.25, 0.3) is 0 Å². The molecular weight excluding hydrogens is 250 g/mol. The molecule has 0 spiro atoms. The van der Waals surface area contributed by atoms with Gasteiger partial charge in [-0.15, -0.1) is 10.2 Å². The SMILES string of the molecule is CCc1nnc([C@H](CO)NC(=O)N2CCNCC2)o1. The highest BCUT2D eigenvalue weighted by atomic mass is 16.4. The maximum absolute atomic E-state index is 12.0. The number of rotatable bonds is 4. The second-order valence-corrected chi connectivity index (χ2v) is 4.31. The number of hydrogen-bond acceptors (Lipinski definition) is 6. The maximum atomic E-state index is 12.0. The van der Waals surface area contributed by atoms with Gasteiger partial charge in [-0.25, -0.2) is 4.79 Å². The minimum absolute atomic E-state index is 0.225. The van der Waals surface area contributed by atoms with Gasteiger partial charge in [-0.3, -0.25) is 0 Å². The zero-order valence-corrected chi connectivity index (χ0v) is 10.9. The lowest BCUT2D eigenvalue weighted by atomic mass is 10.3. The Morgan fingerprint density at radius 3 is 2.84 bits per heavy atom. The summed E-state index contributed by atoms with van der Waals surface area (Å²) in [5.41, 5.74) is 0. The van der Waals surface area contributed by atoms with Crippen molar-refractivity contribution in [2.75, 3.05) is 32.8 Å². The van der Waals surface area contributed by atoms with E-state index in [-0.39, 0.29) is 18.5 Å². The van der Waals surface area contributed by atoms with Crippen LogP contribution in [0.1, 0.15) is 24.7 Å². The number of amides is 2. The summed E-state index contributed by atoms with van der Waals surface area (Å²) in [4.78, 5) is 13.7.